The molecule has 0 aliphatic carbocycles. The standard InChI is InChI=1S/C11H9NO5S/c1-2-16-11(15)8-7(10(14)17-12-8)9(13)6-4-3-5-18-6/h3-5,12H,2H2,1H3. The number of aromatic amines is 1. The minimum Gasteiger partial charge on any atom is -0.461 e. The third-order valence-electron chi connectivity index (χ3n) is 2.15. The molecule has 18 heavy (non-hydrogen) atoms. The van der Waals surface area contributed by atoms with Crippen molar-refractivity contribution < 1.29 is 18.8 Å². The predicted octanol–water partition coefficient (Wildman–Crippen LogP) is 1.44. The van der Waals surface area contributed by atoms with Gasteiger partial charge < -0.3 is 9.26 Å². The number of hydrogen-bond donors (Lipinski definition) is 1. The minimum absolute atomic E-state index is 0.138. The van der Waals surface area contributed by atoms with Crippen LogP contribution in [-0.2, 0) is 4.74 Å². The van der Waals surface area contributed by atoms with Crippen molar-refractivity contribution in [3.8, 4) is 0 Å². The predicted molar refractivity (Wildman–Crippen MR) is 63.0 cm³/mol. The smallest absolute Gasteiger partial charge is 0.369 e. The van der Waals surface area contributed by atoms with E-state index in [4.69, 9.17) is 4.74 Å². The highest BCUT2D eigenvalue weighted by molar-refractivity contribution is 7.12. The summed E-state index contributed by atoms with van der Waals surface area (Å²) in [5, 5.41) is 3.82. The summed E-state index contributed by atoms with van der Waals surface area (Å²) in [6.45, 7) is 1.76. The van der Waals surface area contributed by atoms with Gasteiger partial charge in [-0.1, -0.05) is 6.07 Å². The van der Waals surface area contributed by atoms with Crippen molar-refractivity contribution in [3.63, 3.8) is 0 Å². The Morgan fingerprint density at radius 1 is 1.50 bits per heavy atom. The van der Waals surface area contributed by atoms with E-state index in [0.29, 0.717) is 4.88 Å². The molecule has 0 amide bonds. The molecule has 0 saturated carbocycles. The molecule has 0 saturated heterocycles. The molecule has 2 rings (SSSR count). The number of carbonyl (C=O) groups is 2. The zero-order valence-electron chi connectivity index (χ0n) is 9.39. The van der Waals surface area contributed by atoms with E-state index in [1.807, 2.05) is 0 Å². The number of ether oxygens (including phenoxy) is 1. The van der Waals surface area contributed by atoms with Gasteiger partial charge in [0.2, 0.25) is 5.78 Å². The maximum absolute atomic E-state index is 12.0. The topological polar surface area (TPSA) is 89.4 Å². The van der Waals surface area contributed by atoms with Crippen molar-refractivity contribution in [1.29, 1.82) is 0 Å². The maximum Gasteiger partial charge on any atom is 0.369 e. The molecule has 0 unspecified atom stereocenters. The van der Waals surface area contributed by atoms with Crippen molar-refractivity contribution in [2.45, 2.75) is 6.92 Å². The van der Waals surface area contributed by atoms with Gasteiger partial charge in [-0.15, -0.1) is 11.3 Å². The summed E-state index contributed by atoms with van der Waals surface area (Å²) in [6.07, 6.45) is 0. The van der Waals surface area contributed by atoms with E-state index in [1.54, 1.807) is 24.4 Å². The highest BCUT2D eigenvalue weighted by Crippen LogP contribution is 2.15. The SMILES string of the molecule is CCOC(=O)c1[nH]oc(=O)c1C(=O)c1cccs1. The van der Waals surface area contributed by atoms with Gasteiger partial charge in [-0.25, -0.2) is 14.7 Å². The molecule has 6 nitrogen and oxygen atoms in total. The number of ketones is 1. The molecule has 7 heteroatoms. The number of nitrogens with one attached hydrogen (secondary N) is 1. The van der Waals surface area contributed by atoms with E-state index in [2.05, 4.69) is 9.68 Å². The van der Waals surface area contributed by atoms with Crippen LogP contribution < -0.4 is 5.63 Å². The van der Waals surface area contributed by atoms with Crippen molar-refractivity contribution >= 4 is 23.1 Å². The van der Waals surface area contributed by atoms with E-state index in [9.17, 15) is 14.4 Å². The maximum atomic E-state index is 12.0. The largest absolute Gasteiger partial charge is 0.461 e. The lowest BCUT2D eigenvalue weighted by Gasteiger charge is -1.99. The molecule has 0 spiro atoms. The van der Waals surface area contributed by atoms with E-state index < -0.39 is 17.4 Å². The third kappa shape index (κ3) is 2.12. The van der Waals surface area contributed by atoms with Crippen LogP contribution in [-0.4, -0.2) is 23.5 Å². The van der Waals surface area contributed by atoms with E-state index in [-0.39, 0.29) is 17.9 Å². The normalized spacial score (nSPS) is 10.3. The first kappa shape index (κ1) is 12.3. The Hall–Kier alpha value is -2.15. The molecule has 0 aliphatic heterocycles. The van der Waals surface area contributed by atoms with Gasteiger partial charge in [-0.05, 0) is 18.4 Å². The van der Waals surface area contributed by atoms with Crippen LogP contribution in [0.3, 0.4) is 0 Å². The number of carbonyl (C=O) groups excluding carboxylic acids is 2. The van der Waals surface area contributed by atoms with Crippen LogP contribution in [0.5, 0.6) is 0 Å². The number of H-pyrrole nitrogens is 1. The quantitative estimate of drug-likeness (QED) is 0.668. The Bertz CT molecular complexity index is 622. The van der Waals surface area contributed by atoms with E-state index >= 15 is 0 Å². The first-order valence-electron chi connectivity index (χ1n) is 5.12. The molecular weight excluding hydrogens is 258 g/mol. The van der Waals surface area contributed by atoms with Gasteiger partial charge >= 0.3 is 11.6 Å². The molecule has 2 aromatic heterocycles. The Balaban J connectivity index is 2.45. The Kier molecular flexibility index (Phi) is 3.42. The summed E-state index contributed by atoms with van der Waals surface area (Å²) in [4.78, 5) is 35.4. The molecule has 0 bridgehead atoms. The molecule has 0 radical (unpaired) electrons. The minimum atomic E-state index is -0.878. The molecule has 0 fully saturated rings. The van der Waals surface area contributed by atoms with Crippen LogP contribution in [0.25, 0.3) is 0 Å². The third-order valence-corrected chi connectivity index (χ3v) is 3.02. The highest BCUT2D eigenvalue weighted by Gasteiger charge is 2.27. The molecular formula is C11H9NO5S. The van der Waals surface area contributed by atoms with Crippen LogP contribution in [0.4, 0.5) is 0 Å². The van der Waals surface area contributed by atoms with E-state index in [0.717, 1.165) is 0 Å². The molecule has 2 aromatic rings. The fraction of sp³-hybridized carbons (Fsp3) is 0.182. The van der Waals surface area contributed by atoms with Gasteiger partial charge in [0.05, 0.1) is 11.5 Å². The molecule has 94 valence electrons. The van der Waals surface area contributed by atoms with E-state index in [1.165, 1.54) is 11.3 Å². The number of aromatic nitrogens is 1. The summed E-state index contributed by atoms with van der Waals surface area (Å²) < 4.78 is 9.22. The van der Waals surface area contributed by atoms with Gasteiger partial charge in [-0.2, -0.15) is 0 Å². The van der Waals surface area contributed by atoms with Crippen molar-refractivity contribution in [3.05, 3.63) is 44.1 Å². The summed E-state index contributed by atoms with van der Waals surface area (Å²) >= 11 is 1.18. The summed E-state index contributed by atoms with van der Waals surface area (Å²) in [5.41, 5.74) is -1.45. The average Bonchev–Trinajstić information content (AvgIpc) is 2.97. The van der Waals surface area contributed by atoms with Crippen molar-refractivity contribution in [2.75, 3.05) is 6.61 Å². The molecule has 0 atom stereocenters. The number of esters is 1. The number of rotatable bonds is 4. The van der Waals surface area contributed by atoms with Crippen LogP contribution in [0, 0.1) is 0 Å². The van der Waals surface area contributed by atoms with Gasteiger partial charge in [0.25, 0.3) is 0 Å². The Morgan fingerprint density at radius 2 is 2.28 bits per heavy atom. The first-order chi connectivity index (χ1) is 8.65. The number of thiophene rings is 1. The van der Waals surface area contributed by atoms with Gasteiger partial charge in [0.1, 0.15) is 5.56 Å². The summed E-state index contributed by atoms with van der Waals surface area (Å²) in [6, 6.07) is 3.24. The summed E-state index contributed by atoms with van der Waals surface area (Å²) in [7, 11) is 0. The molecule has 0 aromatic carbocycles. The lowest BCUT2D eigenvalue weighted by Crippen LogP contribution is -2.16. The van der Waals surface area contributed by atoms with Gasteiger partial charge in [0, 0.05) is 0 Å². The first-order valence-corrected chi connectivity index (χ1v) is 6.00. The number of hydrogen-bond acceptors (Lipinski definition) is 6. The van der Waals surface area contributed by atoms with Crippen LogP contribution in [0.2, 0.25) is 0 Å². The van der Waals surface area contributed by atoms with Crippen LogP contribution in [0.1, 0.15) is 32.6 Å². The molecule has 2 heterocycles. The van der Waals surface area contributed by atoms with Crippen LogP contribution in [0.15, 0.2) is 26.8 Å². The monoisotopic (exact) mass is 267 g/mol. The second kappa shape index (κ2) is 5.01. The highest BCUT2D eigenvalue weighted by atomic mass is 32.1. The molecule has 1 N–H and O–H groups in total. The Morgan fingerprint density at radius 3 is 2.89 bits per heavy atom. The molecule has 0 aliphatic rings. The fourth-order valence-corrected chi connectivity index (χ4v) is 2.06. The Labute approximate surface area is 105 Å². The fourth-order valence-electron chi connectivity index (χ4n) is 1.39. The second-order valence-corrected chi connectivity index (χ2v) is 4.22. The van der Waals surface area contributed by atoms with Gasteiger partial charge in [-0.3, -0.25) is 4.79 Å². The zero-order chi connectivity index (χ0) is 13.1. The van der Waals surface area contributed by atoms with Crippen molar-refractivity contribution in [1.82, 2.24) is 5.16 Å². The summed E-state index contributed by atoms with van der Waals surface area (Å²) in [5.74, 6) is -1.34. The zero-order valence-corrected chi connectivity index (χ0v) is 10.2. The van der Waals surface area contributed by atoms with Crippen LogP contribution >= 0.6 is 11.3 Å². The second-order valence-electron chi connectivity index (χ2n) is 3.27. The van der Waals surface area contributed by atoms with Gasteiger partial charge in [0.15, 0.2) is 5.69 Å². The lowest BCUT2D eigenvalue weighted by molar-refractivity contribution is 0.0512. The van der Waals surface area contributed by atoms with Crippen molar-refractivity contribution in [2.24, 2.45) is 0 Å². The average molecular weight is 267 g/mol. The lowest BCUT2D eigenvalue weighted by atomic mass is 10.1.